The summed E-state index contributed by atoms with van der Waals surface area (Å²) in [6.07, 6.45) is -3.56. The Hall–Kier alpha value is 0.0649. The first kappa shape index (κ1) is 13.1. The summed E-state index contributed by atoms with van der Waals surface area (Å²) in [6.45, 7) is 1.03. The topological polar surface area (TPSA) is 65.0 Å². The third kappa shape index (κ3) is 3.54. The molecule has 1 N–H and O–H groups in total. The van der Waals surface area contributed by atoms with Gasteiger partial charge >= 0.3 is 7.60 Å². The fraction of sp³-hybridized carbons (Fsp3) is 1.00. The van der Waals surface area contributed by atoms with Crippen molar-refractivity contribution >= 4 is 15.4 Å². The second-order valence-corrected chi connectivity index (χ2v) is 5.23. The van der Waals surface area contributed by atoms with Crippen molar-refractivity contribution in [1.29, 1.82) is 0 Å². The quantitative estimate of drug-likeness (QED) is 0.554. The van der Waals surface area contributed by atoms with Crippen LogP contribution in [0.3, 0.4) is 0 Å². The van der Waals surface area contributed by atoms with Gasteiger partial charge in [0, 0.05) is 13.8 Å². The third-order valence-electron chi connectivity index (χ3n) is 1.97. The van der Waals surface area contributed by atoms with Crippen LogP contribution in [0, 0.1) is 0 Å². The zero-order chi connectivity index (χ0) is 11.6. The molecule has 0 aliphatic carbocycles. The standard InChI is InChI=1S/C7H13BFO5P/c1-12-3-4-6(14-15(2,10)11)5(9)7(8)13-4/h4-7H,3H2,1-2H3,(H,10,11)/t4-,5-,6?,7-/m1/s1. The maximum Gasteiger partial charge on any atom is 0.325 e. The number of halogens is 1. The Morgan fingerprint density at radius 1 is 1.67 bits per heavy atom. The molecule has 0 aromatic carbocycles. The number of methoxy groups -OCH3 is 1. The van der Waals surface area contributed by atoms with Crippen molar-refractivity contribution in [2.24, 2.45) is 0 Å². The van der Waals surface area contributed by atoms with Crippen molar-refractivity contribution in [3.63, 3.8) is 0 Å². The second-order valence-electron chi connectivity index (χ2n) is 3.41. The predicted octanol–water partition coefficient (Wildman–Crippen LogP) is 0.0647. The lowest BCUT2D eigenvalue weighted by Crippen LogP contribution is -2.33. The minimum Gasteiger partial charge on any atom is -0.382 e. The van der Waals surface area contributed by atoms with E-state index in [1.807, 2.05) is 0 Å². The van der Waals surface area contributed by atoms with Crippen molar-refractivity contribution in [2.45, 2.75) is 24.4 Å². The predicted molar refractivity (Wildman–Crippen MR) is 51.8 cm³/mol. The van der Waals surface area contributed by atoms with Gasteiger partial charge in [-0.2, -0.15) is 0 Å². The summed E-state index contributed by atoms with van der Waals surface area (Å²) in [5.41, 5.74) is 0. The molecule has 1 rings (SSSR count). The van der Waals surface area contributed by atoms with E-state index in [1.165, 1.54) is 7.11 Å². The first-order valence-corrected chi connectivity index (χ1v) is 6.40. The van der Waals surface area contributed by atoms with Gasteiger partial charge in [0.1, 0.15) is 26.2 Å². The first-order chi connectivity index (χ1) is 6.85. The molecule has 15 heavy (non-hydrogen) atoms. The third-order valence-corrected chi connectivity index (χ3v) is 2.61. The van der Waals surface area contributed by atoms with Crippen LogP contribution in [0.1, 0.15) is 0 Å². The number of hydrogen-bond donors (Lipinski definition) is 1. The van der Waals surface area contributed by atoms with Crippen molar-refractivity contribution in [1.82, 2.24) is 0 Å². The molecule has 8 heteroatoms. The minimum absolute atomic E-state index is 0.0544. The van der Waals surface area contributed by atoms with E-state index in [0.29, 0.717) is 0 Å². The molecule has 0 spiro atoms. The maximum absolute atomic E-state index is 13.4. The Kier molecular flexibility index (Phi) is 4.32. The average molecular weight is 238 g/mol. The summed E-state index contributed by atoms with van der Waals surface area (Å²) in [7, 11) is 2.94. The van der Waals surface area contributed by atoms with E-state index in [9.17, 15) is 8.96 Å². The summed E-state index contributed by atoms with van der Waals surface area (Å²) < 4.78 is 38.9. The zero-order valence-electron chi connectivity index (χ0n) is 8.50. The van der Waals surface area contributed by atoms with Crippen LogP contribution in [-0.4, -0.2) is 57.5 Å². The van der Waals surface area contributed by atoms with E-state index < -0.39 is 32.0 Å². The number of hydrogen-bond acceptors (Lipinski definition) is 4. The van der Waals surface area contributed by atoms with Crippen LogP contribution in [0.4, 0.5) is 4.39 Å². The van der Waals surface area contributed by atoms with Crippen LogP contribution in [-0.2, 0) is 18.6 Å². The summed E-state index contributed by atoms with van der Waals surface area (Å²) in [5.74, 6) is 0. The Labute approximate surface area is 88.8 Å². The summed E-state index contributed by atoms with van der Waals surface area (Å²) in [6, 6.07) is -1.15. The van der Waals surface area contributed by atoms with Gasteiger partial charge in [0.05, 0.1) is 12.6 Å². The van der Waals surface area contributed by atoms with Gasteiger partial charge in [-0.3, -0.25) is 9.09 Å². The summed E-state index contributed by atoms with van der Waals surface area (Å²) in [5, 5.41) is 0. The highest BCUT2D eigenvalue weighted by atomic mass is 31.2. The Morgan fingerprint density at radius 3 is 2.73 bits per heavy atom. The average Bonchev–Trinajstić information content (AvgIpc) is 2.32. The van der Waals surface area contributed by atoms with E-state index in [0.717, 1.165) is 6.66 Å². The highest BCUT2D eigenvalue weighted by Crippen LogP contribution is 2.42. The van der Waals surface area contributed by atoms with E-state index >= 15 is 0 Å². The van der Waals surface area contributed by atoms with Crippen LogP contribution < -0.4 is 0 Å². The maximum atomic E-state index is 13.4. The van der Waals surface area contributed by atoms with E-state index in [1.54, 1.807) is 0 Å². The van der Waals surface area contributed by atoms with Gasteiger partial charge in [-0.15, -0.1) is 0 Å². The van der Waals surface area contributed by atoms with Gasteiger partial charge in [-0.1, -0.05) is 0 Å². The molecule has 0 amide bonds. The van der Waals surface area contributed by atoms with Gasteiger partial charge in [0.25, 0.3) is 0 Å². The molecule has 0 aromatic rings. The summed E-state index contributed by atoms with van der Waals surface area (Å²) in [4.78, 5) is 9.00. The molecule has 5 atom stereocenters. The lowest BCUT2D eigenvalue weighted by molar-refractivity contribution is -0.0131. The fourth-order valence-electron chi connectivity index (χ4n) is 1.40. The lowest BCUT2D eigenvalue weighted by atomic mass is 9.94. The Balaban J connectivity index is 2.68. The molecule has 5 nitrogen and oxygen atoms in total. The number of rotatable bonds is 4. The second kappa shape index (κ2) is 4.93. The van der Waals surface area contributed by atoms with Gasteiger partial charge < -0.3 is 14.4 Å². The van der Waals surface area contributed by atoms with Crippen molar-refractivity contribution in [3.8, 4) is 0 Å². The van der Waals surface area contributed by atoms with Crippen molar-refractivity contribution in [2.75, 3.05) is 20.4 Å². The monoisotopic (exact) mass is 238 g/mol. The first-order valence-electron chi connectivity index (χ1n) is 4.38. The molecule has 0 aromatic heterocycles. The largest absolute Gasteiger partial charge is 0.382 e. The number of ether oxygens (including phenoxy) is 2. The molecular weight excluding hydrogens is 225 g/mol. The Morgan fingerprint density at radius 2 is 2.27 bits per heavy atom. The van der Waals surface area contributed by atoms with Gasteiger partial charge in [0.15, 0.2) is 0 Å². The zero-order valence-corrected chi connectivity index (χ0v) is 9.39. The molecular formula is C7H13BFO5P. The Bertz CT molecular complexity index is 260. The molecule has 2 radical (unpaired) electrons. The molecule has 1 heterocycles. The molecule has 1 aliphatic rings. The molecule has 1 aliphatic heterocycles. The molecule has 0 bridgehead atoms. The molecule has 86 valence electrons. The molecule has 1 fully saturated rings. The highest BCUT2D eigenvalue weighted by molar-refractivity contribution is 7.51. The molecule has 2 unspecified atom stereocenters. The van der Waals surface area contributed by atoms with Crippen LogP contribution >= 0.6 is 7.60 Å². The van der Waals surface area contributed by atoms with Crippen LogP contribution in [0.15, 0.2) is 0 Å². The normalized spacial score (nSPS) is 40.3. The van der Waals surface area contributed by atoms with E-state index in [4.69, 9.17) is 26.7 Å². The SMILES string of the molecule is [B][C@@H]1O[C@H](COC)C(OP(C)(=O)O)[C@H]1F. The van der Waals surface area contributed by atoms with Crippen LogP contribution in [0.5, 0.6) is 0 Å². The van der Waals surface area contributed by atoms with E-state index in [2.05, 4.69) is 0 Å². The van der Waals surface area contributed by atoms with Crippen molar-refractivity contribution < 1.29 is 27.8 Å². The van der Waals surface area contributed by atoms with Crippen LogP contribution in [0.2, 0.25) is 0 Å². The fourth-order valence-corrected chi connectivity index (χ4v) is 2.10. The lowest BCUT2D eigenvalue weighted by Gasteiger charge is -2.20. The number of alkyl halides is 1. The van der Waals surface area contributed by atoms with Gasteiger partial charge in [-0.05, 0) is 0 Å². The highest BCUT2D eigenvalue weighted by Gasteiger charge is 2.45. The van der Waals surface area contributed by atoms with E-state index in [-0.39, 0.29) is 6.61 Å². The van der Waals surface area contributed by atoms with Crippen LogP contribution in [0.25, 0.3) is 0 Å². The summed E-state index contributed by atoms with van der Waals surface area (Å²) >= 11 is 0. The van der Waals surface area contributed by atoms with Crippen molar-refractivity contribution in [3.05, 3.63) is 0 Å². The van der Waals surface area contributed by atoms with Gasteiger partial charge in [-0.25, -0.2) is 4.39 Å². The molecule has 0 saturated carbocycles. The smallest absolute Gasteiger partial charge is 0.325 e. The minimum atomic E-state index is -3.77. The van der Waals surface area contributed by atoms with Gasteiger partial charge in [0.2, 0.25) is 0 Å². The molecule has 1 saturated heterocycles.